The summed E-state index contributed by atoms with van der Waals surface area (Å²) < 4.78 is 5.16. The molecule has 1 aromatic carbocycles. The summed E-state index contributed by atoms with van der Waals surface area (Å²) in [6.45, 7) is 1.94. The smallest absolute Gasteiger partial charge is 0.318 e. The van der Waals surface area contributed by atoms with Gasteiger partial charge in [-0.05, 0) is 24.6 Å². The van der Waals surface area contributed by atoms with Crippen molar-refractivity contribution in [3.05, 3.63) is 54.4 Å². The molecule has 22 heavy (non-hydrogen) atoms. The van der Waals surface area contributed by atoms with E-state index in [2.05, 4.69) is 15.0 Å². The van der Waals surface area contributed by atoms with Crippen LogP contribution in [0.3, 0.4) is 0 Å². The van der Waals surface area contributed by atoms with Crippen LogP contribution in [0.25, 0.3) is 22.4 Å². The SMILES string of the molecule is COc1nc(N)c(-c2ccnc(C)c2)c(-c2ccccc2)n1. The molecule has 0 aliphatic heterocycles. The number of hydrogen-bond acceptors (Lipinski definition) is 5. The third-order valence-electron chi connectivity index (χ3n) is 3.33. The van der Waals surface area contributed by atoms with E-state index in [0.29, 0.717) is 5.82 Å². The van der Waals surface area contributed by atoms with Gasteiger partial charge in [-0.2, -0.15) is 9.97 Å². The lowest BCUT2D eigenvalue weighted by molar-refractivity contribution is 0.381. The van der Waals surface area contributed by atoms with Crippen molar-refractivity contribution >= 4 is 5.82 Å². The lowest BCUT2D eigenvalue weighted by Crippen LogP contribution is -2.03. The van der Waals surface area contributed by atoms with E-state index in [4.69, 9.17) is 10.5 Å². The van der Waals surface area contributed by atoms with Gasteiger partial charge in [0, 0.05) is 17.5 Å². The van der Waals surface area contributed by atoms with Crippen LogP contribution >= 0.6 is 0 Å². The molecule has 0 aliphatic carbocycles. The van der Waals surface area contributed by atoms with Crippen LogP contribution in [-0.2, 0) is 0 Å². The Kier molecular flexibility index (Phi) is 3.70. The van der Waals surface area contributed by atoms with Crippen LogP contribution in [0.15, 0.2) is 48.7 Å². The number of aryl methyl sites for hydroxylation is 1. The lowest BCUT2D eigenvalue weighted by atomic mass is 10.00. The normalized spacial score (nSPS) is 10.5. The number of hydrogen-bond donors (Lipinski definition) is 1. The first-order valence-corrected chi connectivity index (χ1v) is 6.89. The molecule has 0 atom stereocenters. The van der Waals surface area contributed by atoms with Crippen molar-refractivity contribution in [3.8, 4) is 28.4 Å². The molecule has 0 radical (unpaired) electrons. The van der Waals surface area contributed by atoms with Gasteiger partial charge >= 0.3 is 6.01 Å². The number of rotatable bonds is 3. The van der Waals surface area contributed by atoms with Gasteiger partial charge in [-0.3, -0.25) is 4.98 Å². The Balaban J connectivity index is 2.29. The summed E-state index contributed by atoms with van der Waals surface area (Å²) >= 11 is 0. The maximum Gasteiger partial charge on any atom is 0.318 e. The van der Waals surface area contributed by atoms with Crippen molar-refractivity contribution in [1.29, 1.82) is 0 Å². The summed E-state index contributed by atoms with van der Waals surface area (Å²) in [5.74, 6) is 0.385. The van der Waals surface area contributed by atoms with Crippen LogP contribution in [-0.4, -0.2) is 22.1 Å². The van der Waals surface area contributed by atoms with Crippen LogP contribution in [0.1, 0.15) is 5.69 Å². The van der Waals surface area contributed by atoms with E-state index in [1.165, 1.54) is 7.11 Å². The number of benzene rings is 1. The monoisotopic (exact) mass is 292 g/mol. The molecule has 0 saturated carbocycles. The van der Waals surface area contributed by atoms with E-state index in [1.54, 1.807) is 6.20 Å². The van der Waals surface area contributed by atoms with Crippen molar-refractivity contribution in [3.63, 3.8) is 0 Å². The summed E-state index contributed by atoms with van der Waals surface area (Å²) in [6, 6.07) is 14.0. The molecule has 2 N–H and O–H groups in total. The number of pyridine rings is 1. The maximum atomic E-state index is 6.17. The van der Waals surface area contributed by atoms with Gasteiger partial charge in [-0.25, -0.2) is 0 Å². The van der Waals surface area contributed by atoms with Crippen LogP contribution < -0.4 is 10.5 Å². The Morgan fingerprint density at radius 3 is 2.45 bits per heavy atom. The number of ether oxygens (including phenoxy) is 1. The Labute approximate surface area is 128 Å². The van der Waals surface area contributed by atoms with Gasteiger partial charge < -0.3 is 10.5 Å². The Morgan fingerprint density at radius 1 is 1.00 bits per heavy atom. The molecular weight excluding hydrogens is 276 g/mol. The molecular formula is C17H16N4O. The minimum atomic E-state index is 0.255. The highest BCUT2D eigenvalue weighted by Crippen LogP contribution is 2.35. The van der Waals surface area contributed by atoms with Gasteiger partial charge in [-0.1, -0.05) is 30.3 Å². The van der Waals surface area contributed by atoms with Gasteiger partial charge in [0.1, 0.15) is 5.82 Å². The Morgan fingerprint density at radius 2 is 1.77 bits per heavy atom. The summed E-state index contributed by atoms with van der Waals surface area (Å²) in [5, 5.41) is 0. The fourth-order valence-corrected chi connectivity index (χ4v) is 2.34. The van der Waals surface area contributed by atoms with E-state index < -0.39 is 0 Å². The zero-order valence-electron chi connectivity index (χ0n) is 12.4. The number of nitrogens with zero attached hydrogens (tertiary/aromatic N) is 3. The summed E-state index contributed by atoms with van der Waals surface area (Å²) in [5.41, 5.74) is 10.5. The molecule has 3 rings (SSSR count). The fraction of sp³-hybridized carbons (Fsp3) is 0.118. The second-order valence-corrected chi connectivity index (χ2v) is 4.87. The van der Waals surface area contributed by atoms with E-state index in [9.17, 15) is 0 Å². The molecule has 0 aliphatic rings. The molecule has 0 saturated heterocycles. The molecule has 5 heteroatoms. The third-order valence-corrected chi connectivity index (χ3v) is 3.33. The maximum absolute atomic E-state index is 6.17. The molecule has 5 nitrogen and oxygen atoms in total. The highest BCUT2D eigenvalue weighted by molar-refractivity contribution is 5.87. The molecule has 0 amide bonds. The second-order valence-electron chi connectivity index (χ2n) is 4.87. The molecule has 3 aromatic rings. The average Bonchev–Trinajstić information content (AvgIpc) is 2.54. The number of nitrogen functional groups attached to an aromatic ring is 1. The summed E-state index contributed by atoms with van der Waals surface area (Å²) in [6.07, 6.45) is 1.75. The van der Waals surface area contributed by atoms with Gasteiger partial charge in [-0.15, -0.1) is 0 Å². The molecule has 0 bridgehead atoms. The molecule has 2 heterocycles. The largest absolute Gasteiger partial charge is 0.467 e. The second kappa shape index (κ2) is 5.81. The molecule has 110 valence electrons. The topological polar surface area (TPSA) is 73.9 Å². The predicted molar refractivity (Wildman–Crippen MR) is 86.4 cm³/mol. The fourth-order valence-electron chi connectivity index (χ4n) is 2.34. The van der Waals surface area contributed by atoms with Crippen molar-refractivity contribution in [2.75, 3.05) is 12.8 Å². The molecule has 0 fully saturated rings. The van der Waals surface area contributed by atoms with Crippen LogP contribution in [0.5, 0.6) is 6.01 Å². The molecule has 0 unspecified atom stereocenters. The van der Waals surface area contributed by atoms with E-state index in [-0.39, 0.29) is 6.01 Å². The molecule has 0 spiro atoms. The van der Waals surface area contributed by atoms with Crippen molar-refractivity contribution < 1.29 is 4.74 Å². The minimum Gasteiger partial charge on any atom is -0.467 e. The predicted octanol–water partition coefficient (Wildman–Crippen LogP) is 3.10. The number of nitrogens with two attached hydrogens (primary N) is 1. The Hall–Kier alpha value is -2.95. The number of anilines is 1. The third kappa shape index (κ3) is 2.61. The van der Waals surface area contributed by atoms with Crippen molar-refractivity contribution in [1.82, 2.24) is 15.0 Å². The van der Waals surface area contributed by atoms with Crippen LogP contribution in [0.4, 0.5) is 5.82 Å². The quantitative estimate of drug-likeness (QED) is 0.803. The first kappa shape index (κ1) is 14.0. The molecule has 2 aromatic heterocycles. The van der Waals surface area contributed by atoms with E-state index >= 15 is 0 Å². The first-order valence-electron chi connectivity index (χ1n) is 6.89. The zero-order chi connectivity index (χ0) is 15.5. The average molecular weight is 292 g/mol. The van der Waals surface area contributed by atoms with Gasteiger partial charge in [0.15, 0.2) is 0 Å². The van der Waals surface area contributed by atoms with Crippen LogP contribution in [0, 0.1) is 6.92 Å². The van der Waals surface area contributed by atoms with Crippen molar-refractivity contribution in [2.45, 2.75) is 6.92 Å². The number of aromatic nitrogens is 3. The highest BCUT2D eigenvalue weighted by atomic mass is 16.5. The number of methoxy groups -OCH3 is 1. The van der Waals surface area contributed by atoms with E-state index in [1.807, 2.05) is 49.4 Å². The minimum absolute atomic E-state index is 0.255. The van der Waals surface area contributed by atoms with Gasteiger partial charge in [0.25, 0.3) is 0 Å². The standard InChI is InChI=1S/C17H16N4O/c1-11-10-13(8-9-19-11)14-15(12-6-4-3-5-7-12)20-17(22-2)21-16(14)18/h3-10H,1-2H3,(H2,18,20,21). The Bertz CT molecular complexity index is 803. The van der Waals surface area contributed by atoms with E-state index in [0.717, 1.165) is 28.1 Å². The van der Waals surface area contributed by atoms with Gasteiger partial charge in [0.05, 0.1) is 18.4 Å². The van der Waals surface area contributed by atoms with Crippen molar-refractivity contribution in [2.24, 2.45) is 0 Å². The summed E-state index contributed by atoms with van der Waals surface area (Å²) in [7, 11) is 1.53. The highest BCUT2D eigenvalue weighted by Gasteiger charge is 2.16. The van der Waals surface area contributed by atoms with Crippen LogP contribution in [0.2, 0.25) is 0 Å². The lowest BCUT2D eigenvalue weighted by Gasteiger charge is -2.13. The summed E-state index contributed by atoms with van der Waals surface area (Å²) in [4.78, 5) is 12.9. The van der Waals surface area contributed by atoms with Gasteiger partial charge in [0.2, 0.25) is 0 Å². The zero-order valence-corrected chi connectivity index (χ0v) is 12.4. The first-order chi connectivity index (χ1) is 10.7.